The van der Waals surface area contributed by atoms with Gasteiger partial charge >= 0.3 is 5.97 Å². The van der Waals surface area contributed by atoms with Gasteiger partial charge in [-0.3, -0.25) is 4.79 Å². The Kier molecular flexibility index (Phi) is 5.03. The first kappa shape index (κ1) is 8.31. The van der Waals surface area contributed by atoms with Crippen LogP contribution >= 0.6 is 12.6 Å². The summed E-state index contributed by atoms with van der Waals surface area (Å²) < 4.78 is 4.49. The van der Waals surface area contributed by atoms with Gasteiger partial charge in [0.25, 0.3) is 0 Å². The third kappa shape index (κ3) is 5.18. The zero-order valence-corrected chi connectivity index (χ0v) is 5.73. The Morgan fingerprint density at radius 1 is 1.78 bits per heavy atom. The average molecular weight is 145 g/mol. The van der Waals surface area contributed by atoms with Crippen LogP contribution in [0.4, 0.5) is 0 Å². The summed E-state index contributed by atoms with van der Waals surface area (Å²) in [6, 6.07) is 1.68. The molecule has 3 nitrogen and oxygen atoms in total. The van der Waals surface area contributed by atoms with Crippen molar-refractivity contribution in [2.24, 2.45) is 0 Å². The quantitative estimate of drug-likeness (QED) is 0.461. The zero-order chi connectivity index (χ0) is 7.11. The number of esters is 1. The Hall–Kier alpha value is -0.690. The highest BCUT2D eigenvalue weighted by Gasteiger charge is 1.97. The van der Waals surface area contributed by atoms with E-state index in [1.807, 2.05) is 0 Å². The van der Waals surface area contributed by atoms with Gasteiger partial charge in [0.05, 0.1) is 6.07 Å². The molecule has 0 aliphatic carbocycles. The second-order valence-corrected chi connectivity index (χ2v) is 1.73. The van der Waals surface area contributed by atoms with Crippen molar-refractivity contribution in [3.05, 3.63) is 0 Å². The molecule has 0 N–H and O–H groups in total. The second kappa shape index (κ2) is 5.45. The van der Waals surface area contributed by atoms with Gasteiger partial charge in [-0.25, -0.2) is 0 Å². The molecule has 0 aliphatic heterocycles. The molecular weight excluding hydrogens is 138 g/mol. The number of rotatable bonds is 3. The summed E-state index contributed by atoms with van der Waals surface area (Å²) >= 11 is 3.80. The minimum absolute atomic E-state index is 0.173. The lowest BCUT2D eigenvalue weighted by molar-refractivity contribution is -0.141. The molecule has 0 aromatic rings. The lowest BCUT2D eigenvalue weighted by Crippen LogP contribution is -2.04. The third-order valence-corrected chi connectivity index (χ3v) is 0.760. The van der Waals surface area contributed by atoms with E-state index in [-0.39, 0.29) is 13.0 Å². The van der Waals surface area contributed by atoms with E-state index >= 15 is 0 Å². The summed E-state index contributed by atoms with van der Waals surface area (Å²) in [5.41, 5.74) is 0. The zero-order valence-electron chi connectivity index (χ0n) is 4.83. The largest absolute Gasteiger partial charge is 0.464 e. The second-order valence-electron chi connectivity index (χ2n) is 1.28. The summed E-state index contributed by atoms with van der Waals surface area (Å²) in [7, 11) is 0. The van der Waals surface area contributed by atoms with Gasteiger partial charge in [-0.05, 0) is 0 Å². The fourth-order valence-corrected chi connectivity index (χ4v) is 0.366. The fourth-order valence-electron chi connectivity index (χ4n) is 0.275. The van der Waals surface area contributed by atoms with Gasteiger partial charge < -0.3 is 4.74 Å². The van der Waals surface area contributed by atoms with Crippen LogP contribution in [0.3, 0.4) is 0 Å². The van der Waals surface area contributed by atoms with Crippen LogP contribution in [-0.2, 0) is 9.53 Å². The predicted octanol–water partition coefficient (Wildman–Crippen LogP) is 0.373. The fraction of sp³-hybridized carbons (Fsp3) is 0.600. The molecule has 0 spiro atoms. The molecule has 0 atom stereocenters. The highest BCUT2D eigenvalue weighted by Crippen LogP contribution is 1.84. The number of nitrogens with zero attached hydrogens (tertiary/aromatic N) is 1. The van der Waals surface area contributed by atoms with Crippen LogP contribution in [0, 0.1) is 11.3 Å². The van der Waals surface area contributed by atoms with E-state index in [0.717, 1.165) is 0 Å². The number of carbonyl (C=O) groups excluding carboxylic acids is 1. The van der Waals surface area contributed by atoms with Crippen molar-refractivity contribution in [1.82, 2.24) is 0 Å². The molecule has 9 heavy (non-hydrogen) atoms. The Morgan fingerprint density at radius 2 is 2.44 bits per heavy atom. The van der Waals surface area contributed by atoms with Gasteiger partial charge in [0.1, 0.15) is 13.0 Å². The topological polar surface area (TPSA) is 50.1 Å². The van der Waals surface area contributed by atoms with E-state index in [0.29, 0.717) is 5.75 Å². The molecule has 0 fully saturated rings. The van der Waals surface area contributed by atoms with Crippen LogP contribution in [0.15, 0.2) is 0 Å². The summed E-state index contributed by atoms with van der Waals surface area (Å²) in [5.74, 6) is 0.0171. The van der Waals surface area contributed by atoms with E-state index in [1.54, 1.807) is 6.07 Å². The lowest BCUT2D eigenvalue weighted by Gasteiger charge is -1.95. The van der Waals surface area contributed by atoms with Crippen molar-refractivity contribution in [3.63, 3.8) is 0 Å². The third-order valence-electron chi connectivity index (χ3n) is 0.578. The molecular formula is C5H7NO2S. The van der Waals surface area contributed by atoms with Gasteiger partial charge in [-0.2, -0.15) is 17.9 Å². The molecule has 0 heterocycles. The molecule has 0 aliphatic rings. The molecule has 50 valence electrons. The van der Waals surface area contributed by atoms with Crippen LogP contribution in [0.25, 0.3) is 0 Å². The molecule has 0 aromatic heterocycles. The van der Waals surface area contributed by atoms with Crippen molar-refractivity contribution < 1.29 is 9.53 Å². The monoisotopic (exact) mass is 145 g/mol. The number of thiol groups is 1. The minimum atomic E-state index is -0.480. The maximum atomic E-state index is 10.3. The van der Waals surface area contributed by atoms with Gasteiger partial charge in [0.15, 0.2) is 0 Å². The van der Waals surface area contributed by atoms with E-state index in [4.69, 9.17) is 5.26 Å². The number of hydrogen-bond donors (Lipinski definition) is 1. The summed E-state index contributed by atoms with van der Waals surface area (Å²) in [6.45, 7) is 0.281. The van der Waals surface area contributed by atoms with E-state index in [2.05, 4.69) is 17.4 Å². The Labute approximate surface area is 59.0 Å². The van der Waals surface area contributed by atoms with Crippen molar-refractivity contribution in [2.45, 2.75) is 6.42 Å². The number of carbonyl (C=O) groups is 1. The van der Waals surface area contributed by atoms with E-state index in [9.17, 15) is 4.79 Å². The highest BCUT2D eigenvalue weighted by molar-refractivity contribution is 7.80. The molecule has 0 saturated carbocycles. The first-order chi connectivity index (χ1) is 4.31. The van der Waals surface area contributed by atoms with Crippen LogP contribution in [0.2, 0.25) is 0 Å². The van der Waals surface area contributed by atoms with Gasteiger partial charge in [-0.15, -0.1) is 0 Å². The Morgan fingerprint density at radius 3 is 2.89 bits per heavy atom. The Bertz CT molecular complexity index is 129. The van der Waals surface area contributed by atoms with Crippen molar-refractivity contribution in [2.75, 3.05) is 12.4 Å². The average Bonchev–Trinajstić information content (AvgIpc) is 1.85. The molecule has 0 aromatic carbocycles. The van der Waals surface area contributed by atoms with E-state index in [1.165, 1.54) is 0 Å². The first-order valence-electron chi connectivity index (χ1n) is 2.44. The molecule has 4 heteroatoms. The van der Waals surface area contributed by atoms with Crippen LogP contribution in [-0.4, -0.2) is 18.3 Å². The maximum absolute atomic E-state index is 10.3. The van der Waals surface area contributed by atoms with E-state index < -0.39 is 5.97 Å². The number of ether oxygens (including phenoxy) is 1. The van der Waals surface area contributed by atoms with Crippen LogP contribution in [0.1, 0.15) is 6.42 Å². The van der Waals surface area contributed by atoms with Gasteiger partial charge in [0, 0.05) is 5.75 Å². The van der Waals surface area contributed by atoms with Crippen molar-refractivity contribution >= 4 is 18.6 Å². The SMILES string of the molecule is N#CCC(=O)OCCS. The minimum Gasteiger partial charge on any atom is -0.464 e. The molecule has 0 amide bonds. The van der Waals surface area contributed by atoms with Gasteiger partial charge in [0.2, 0.25) is 0 Å². The standard InChI is InChI=1S/C5H7NO2S/c6-2-1-5(7)8-3-4-9/h9H,1,3-4H2. The van der Waals surface area contributed by atoms with Crippen LogP contribution < -0.4 is 0 Å². The maximum Gasteiger partial charge on any atom is 0.320 e. The number of hydrogen-bond acceptors (Lipinski definition) is 4. The first-order valence-corrected chi connectivity index (χ1v) is 3.08. The Balaban J connectivity index is 3.19. The normalized spacial score (nSPS) is 8.00. The summed E-state index contributed by atoms with van der Waals surface area (Å²) in [5, 5.41) is 7.97. The van der Waals surface area contributed by atoms with Crippen molar-refractivity contribution in [3.8, 4) is 6.07 Å². The molecule has 0 rings (SSSR count). The lowest BCUT2D eigenvalue weighted by atomic mass is 10.5. The van der Waals surface area contributed by atoms with Crippen LogP contribution in [0.5, 0.6) is 0 Å². The summed E-state index contributed by atoms with van der Waals surface area (Å²) in [6.07, 6.45) is -0.173. The molecule has 0 saturated heterocycles. The molecule has 0 bridgehead atoms. The number of nitriles is 1. The predicted molar refractivity (Wildman–Crippen MR) is 35.0 cm³/mol. The van der Waals surface area contributed by atoms with Crippen molar-refractivity contribution in [1.29, 1.82) is 5.26 Å². The summed E-state index contributed by atoms with van der Waals surface area (Å²) in [4.78, 5) is 10.3. The smallest absolute Gasteiger partial charge is 0.320 e. The molecule has 0 radical (unpaired) electrons. The highest BCUT2D eigenvalue weighted by atomic mass is 32.1. The van der Waals surface area contributed by atoms with Gasteiger partial charge in [-0.1, -0.05) is 0 Å². The molecule has 0 unspecified atom stereocenters.